The van der Waals surface area contributed by atoms with Gasteiger partial charge in [0, 0.05) is 24.4 Å². The molecule has 0 saturated carbocycles. The molecule has 7 nitrogen and oxygen atoms in total. The van der Waals surface area contributed by atoms with Crippen molar-refractivity contribution in [3.8, 4) is 0 Å². The summed E-state index contributed by atoms with van der Waals surface area (Å²) in [6, 6.07) is 1.15. The molecule has 0 bridgehead atoms. The van der Waals surface area contributed by atoms with Gasteiger partial charge in [-0.05, 0) is 6.92 Å². The van der Waals surface area contributed by atoms with E-state index in [-0.39, 0.29) is 37.1 Å². The summed E-state index contributed by atoms with van der Waals surface area (Å²) in [6.07, 6.45) is 1.61. The van der Waals surface area contributed by atoms with Crippen LogP contribution in [0.3, 0.4) is 0 Å². The molecule has 1 unspecified atom stereocenters. The number of hydrogen-bond donors (Lipinski definition) is 1. The maximum atomic E-state index is 11.8. The SMILES string of the molecule is CCOC(=O)CNC(=O)CC1CSc2nccc(=O)n21. The summed E-state index contributed by atoms with van der Waals surface area (Å²) >= 11 is 1.44. The Hall–Kier alpha value is -1.83. The Balaban J connectivity index is 1.91. The third-order valence-electron chi connectivity index (χ3n) is 2.77. The molecule has 2 rings (SSSR count). The van der Waals surface area contributed by atoms with E-state index in [2.05, 4.69) is 10.3 Å². The molecule has 2 heterocycles. The summed E-state index contributed by atoms with van der Waals surface area (Å²) < 4.78 is 6.24. The second-order valence-corrected chi connectivity index (χ2v) is 5.17. The monoisotopic (exact) mass is 297 g/mol. The van der Waals surface area contributed by atoms with E-state index >= 15 is 0 Å². The summed E-state index contributed by atoms with van der Waals surface area (Å²) in [5, 5.41) is 3.11. The predicted octanol–water partition coefficient (Wildman–Crippen LogP) is -0.0405. The summed E-state index contributed by atoms with van der Waals surface area (Å²) in [6.45, 7) is 1.83. The normalized spacial score (nSPS) is 16.6. The van der Waals surface area contributed by atoms with E-state index in [1.807, 2.05) is 0 Å². The number of aromatic nitrogens is 2. The molecule has 0 fully saturated rings. The molecule has 8 heteroatoms. The highest BCUT2D eigenvalue weighted by atomic mass is 32.2. The highest BCUT2D eigenvalue weighted by Gasteiger charge is 2.26. The minimum Gasteiger partial charge on any atom is -0.465 e. The van der Waals surface area contributed by atoms with Crippen LogP contribution in [0, 0.1) is 0 Å². The number of hydrogen-bond acceptors (Lipinski definition) is 6. The maximum Gasteiger partial charge on any atom is 0.325 e. The van der Waals surface area contributed by atoms with E-state index in [4.69, 9.17) is 4.74 Å². The van der Waals surface area contributed by atoms with Crippen LogP contribution in [0.1, 0.15) is 19.4 Å². The average molecular weight is 297 g/mol. The molecular formula is C12H15N3O4S. The largest absolute Gasteiger partial charge is 0.465 e. The van der Waals surface area contributed by atoms with Crippen LogP contribution in [0.4, 0.5) is 0 Å². The highest BCUT2D eigenvalue weighted by Crippen LogP contribution is 2.31. The van der Waals surface area contributed by atoms with E-state index in [9.17, 15) is 14.4 Å². The van der Waals surface area contributed by atoms with Gasteiger partial charge in [0.25, 0.3) is 5.56 Å². The van der Waals surface area contributed by atoms with Gasteiger partial charge in [-0.3, -0.25) is 19.0 Å². The third kappa shape index (κ3) is 3.38. The lowest BCUT2D eigenvalue weighted by Crippen LogP contribution is -2.33. The molecule has 20 heavy (non-hydrogen) atoms. The van der Waals surface area contributed by atoms with E-state index in [1.165, 1.54) is 28.6 Å². The summed E-state index contributed by atoms with van der Waals surface area (Å²) in [5.74, 6) is -0.132. The third-order valence-corrected chi connectivity index (χ3v) is 3.88. The number of amides is 1. The van der Waals surface area contributed by atoms with Crippen LogP contribution >= 0.6 is 11.8 Å². The molecule has 1 amide bonds. The minimum atomic E-state index is -0.471. The number of ether oxygens (including phenoxy) is 1. The molecule has 1 atom stereocenters. The van der Waals surface area contributed by atoms with Crippen LogP contribution in [0.5, 0.6) is 0 Å². The second kappa shape index (κ2) is 6.56. The molecule has 0 radical (unpaired) electrons. The molecule has 108 valence electrons. The molecular weight excluding hydrogens is 282 g/mol. The minimum absolute atomic E-state index is 0.144. The number of nitrogens with one attached hydrogen (secondary N) is 1. The van der Waals surface area contributed by atoms with Crippen LogP contribution in [0.2, 0.25) is 0 Å². The van der Waals surface area contributed by atoms with Crippen LogP contribution in [0.25, 0.3) is 0 Å². The number of fused-ring (bicyclic) bond motifs is 1. The summed E-state index contributed by atoms with van der Waals surface area (Å²) in [7, 11) is 0. The molecule has 1 aromatic rings. The van der Waals surface area contributed by atoms with Gasteiger partial charge in [-0.1, -0.05) is 11.8 Å². The number of thioether (sulfide) groups is 1. The highest BCUT2D eigenvalue weighted by molar-refractivity contribution is 7.99. The van der Waals surface area contributed by atoms with Gasteiger partial charge in [-0.15, -0.1) is 0 Å². The first-order valence-electron chi connectivity index (χ1n) is 6.24. The Bertz CT molecular complexity index is 572. The van der Waals surface area contributed by atoms with Gasteiger partial charge in [0.15, 0.2) is 5.16 Å². The van der Waals surface area contributed by atoms with Crippen molar-refractivity contribution in [1.82, 2.24) is 14.9 Å². The van der Waals surface area contributed by atoms with E-state index in [0.29, 0.717) is 10.9 Å². The van der Waals surface area contributed by atoms with Gasteiger partial charge in [-0.2, -0.15) is 0 Å². The van der Waals surface area contributed by atoms with Crippen molar-refractivity contribution in [2.45, 2.75) is 24.5 Å². The van der Waals surface area contributed by atoms with Gasteiger partial charge in [0.1, 0.15) is 6.54 Å². The van der Waals surface area contributed by atoms with Gasteiger partial charge in [0.05, 0.1) is 12.6 Å². The van der Waals surface area contributed by atoms with Gasteiger partial charge >= 0.3 is 5.97 Å². The Kier molecular flexibility index (Phi) is 4.78. The van der Waals surface area contributed by atoms with Crippen LogP contribution in [-0.2, 0) is 14.3 Å². The van der Waals surface area contributed by atoms with Crippen molar-refractivity contribution in [3.05, 3.63) is 22.6 Å². The predicted molar refractivity (Wildman–Crippen MR) is 72.5 cm³/mol. The molecule has 1 aromatic heterocycles. The first-order valence-corrected chi connectivity index (χ1v) is 7.23. The van der Waals surface area contributed by atoms with E-state index in [1.54, 1.807) is 6.92 Å². The smallest absolute Gasteiger partial charge is 0.325 e. The fourth-order valence-electron chi connectivity index (χ4n) is 1.91. The fraction of sp³-hybridized carbons (Fsp3) is 0.500. The van der Waals surface area contributed by atoms with Crippen LogP contribution in [0.15, 0.2) is 22.2 Å². The standard InChI is InChI=1S/C12H15N3O4S/c1-2-19-11(18)6-14-9(16)5-8-7-20-12-13-4-3-10(17)15(8)12/h3-4,8H,2,5-7H2,1H3,(H,14,16). The van der Waals surface area contributed by atoms with Crippen molar-refractivity contribution >= 4 is 23.6 Å². The molecule has 1 aliphatic rings. The first kappa shape index (κ1) is 14.6. The number of carbonyl (C=O) groups is 2. The van der Waals surface area contributed by atoms with Crippen LogP contribution in [-0.4, -0.2) is 40.3 Å². The van der Waals surface area contributed by atoms with Crippen molar-refractivity contribution in [2.75, 3.05) is 18.9 Å². The second-order valence-electron chi connectivity index (χ2n) is 4.19. The van der Waals surface area contributed by atoms with Gasteiger partial charge in [0.2, 0.25) is 5.91 Å². The molecule has 1 N–H and O–H groups in total. The molecule has 0 saturated heterocycles. The number of nitrogens with zero attached hydrogens (tertiary/aromatic N) is 2. The quantitative estimate of drug-likeness (QED) is 0.606. The average Bonchev–Trinajstić information content (AvgIpc) is 2.81. The van der Waals surface area contributed by atoms with Gasteiger partial charge in [-0.25, -0.2) is 4.98 Å². The maximum absolute atomic E-state index is 11.8. The van der Waals surface area contributed by atoms with Crippen molar-refractivity contribution in [1.29, 1.82) is 0 Å². The van der Waals surface area contributed by atoms with E-state index in [0.717, 1.165) is 0 Å². The lowest BCUT2D eigenvalue weighted by molar-refractivity contribution is -0.143. The summed E-state index contributed by atoms with van der Waals surface area (Å²) in [5.41, 5.74) is -0.164. The number of carbonyl (C=O) groups excluding carboxylic acids is 2. The lowest BCUT2D eigenvalue weighted by Gasteiger charge is -2.12. The van der Waals surface area contributed by atoms with Gasteiger partial charge < -0.3 is 10.1 Å². The zero-order chi connectivity index (χ0) is 14.5. The Morgan fingerprint density at radius 3 is 3.15 bits per heavy atom. The summed E-state index contributed by atoms with van der Waals surface area (Å²) in [4.78, 5) is 38.8. The van der Waals surface area contributed by atoms with Crippen LogP contribution < -0.4 is 10.9 Å². The molecule has 0 aromatic carbocycles. The lowest BCUT2D eigenvalue weighted by atomic mass is 10.2. The first-order chi connectivity index (χ1) is 9.61. The topological polar surface area (TPSA) is 90.3 Å². The number of rotatable bonds is 5. The Labute approximate surface area is 119 Å². The Morgan fingerprint density at radius 1 is 1.60 bits per heavy atom. The van der Waals surface area contributed by atoms with E-state index < -0.39 is 5.97 Å². The van der Waals surface area contributed by atoms with Crippen molar-refractivity contribution < 1.29 is 14.3 Å². The molecule has 1 aliphatic heterocycles. The zero-order valence-electron chi connectivity index (χ0n) is 11.0. The Morgan fingerprint density at radius 2 is 2.40 bits per heavy atom. The zero-order valence-corrected chi connectivity index (χ0v) is 11.8. The van der Waals surface area contributed by atoms with Crippen molar-refractivity contribution in [3.63, 3.8) is 0 Å². The fourth-order valence-corrected chi connectivity index (χ4v) is 3.03. The van der Waals surface area contributed by atoms with Crippen molar-refractivity contribution in [2.24, 2.45) is 0 Å². The number of esters is 1. The molecule has 0 aliphatic carbocycles. The molecule has 0 spiro atoms.